The number of carboxylic acid groups (broad SMARTS) is 10. The van der Waals surface area contributed by atoms with E-state index in [2.05, 4.69) is 62.2 Å². The van der Waals surface area contributed by atoms with Gasteiger partial charge in [-0.25, -0.2) is 0 Å². The SMILES string of the molecule is CCCCCCCCCN[C@@H](CCCN=C(N)N)C(=O)O.NC(N)=NCCC[C@H](N)C(=O)O.NC(N)=NCCC[C@H](N)C(=O)O.NC(N)=NCCC[C@H](N)C(=O)O.NC(N)=NCCC[C@H](N)C(=O)O.NC(N)=NCCC[C@H](N)C(=O)O.NC(N)=NCCC[C@H](N)C(=O)O.NC(N)=NCCC[C@H](N)C(=O)O.NC(N)=NCCC[C@H](N)C(=O)O.NC(N)=NCCC[C@H](N)C(=O)O. The first-order chi connectivity index (χ1) is 59.9. The maximum Gasteiger partial charge on any atom is 0.320 e. The van der Waals surface area contributed by atoms with E-state index in [1.54, 1.807) is 0 Å². The Kier molecular flexibility index (Phi) is 99.6. The number of nitrogens with zero attached hydrogens (tertiary/aromatic N) is 10. The molecule has 0 fully saturated rings. The third-order valence-corrected chi connectivity index (χ3v) is 15.0. The third-order valence-electron chi connectivity index (χ3n) is 15.0. The van der Waals surface area contributed by atoms with Crippen molar-refractivity contribution in [1.29, 1.82) is 0 Å². The van der Waals surface area contributed by atoms with Crippen molar-refractivity contribution >= 4 is 119 Å². The molecule has 0 aliphatic heterocycles. The van der Waals surface area contributed by atoms with E-state index in [1.807, 2.05) is 0 Å². The van der Waals surface area contributed by atoms with Crippen molar-refractivity contribution in [3.8, 4) is 0 Å². The minimum absolute atomic E-state index is 0.0129. The molecule has 0 saturated heterocycles. The smallest absolute Gasteiger partial charge is 0.320 e. The van der Waals surface area contributed by atoms with Crippen LogP contribution < -0.4 is 172 Å². The lowest BCUT2D eigenvalue weighted by Gasteiger charge is -2.13. The van der Waals surface area contributed by atoms with Gasteiger partial charge in [0.05, 0.1) is 0 Å². The molecule has 0 aromatic heterocycles. The van der Waals surface area contributed by atoms with Crippen LogP contribution >= 0.6 is 0 Å². The van der Waals surface area contributed by atoms with Gasteiger partial charge in [-0.2, -0.15) is 0 Å². The first-order valence-corrected chi connectivity index (χ1v) is 40.3. The first kappa shape index (κ1) is 137. The van der Waals surface area contributed by atoms with Gasteiger partial charge in [0.2, 0.25) is 0 Å². The zero-order chi connectivity index (χ0) is 102. The minimum atomic E-state index is -1.00. The summed E-state index contributed by atoms with van der Waals surface area (Å²) in [5, 5.41) is 87.7. The molecule has 60 heteroatoms. The highest BCUT2D eigenvalue weighted by Gasteiger charge is 2.18. The molecule has 0 heterocycles. The number of guanidine groups is 10. The molecule has 0 aliphatic carbocycles. The van der Waals surface area contributed by atoms with E-state index in [-0.39, 0.29) is 59.6 Å². The number of aliphatic imine (C=N–C) groups is 10. The summed E-state index contributed by atoms with van der Waals surface area (Å²) >= 11 is 0. The van der Waals surface area contributed by atoms with Crippen molar-refractivity contribution in [2.75, 3.05) is 72.0 Å². The fourth-order valence-corrected chi connectivity index (χ4v) is 7.96. The number of rotatable bonds is 59. The topological polar surface area (TPSA) is 1260 Å². The van der Waals surface area contributed by atoms with E-state index in [9.17, 15) is 47.9 Å². The summed E-state index contributed by atoms with van der Waals surface area (Å²) in [5.41, 5.74) is 148. The molecular formula is C69H158N40O20. The summed E-state index contributed by atoms with van der Waals surface area (Å²) < 4.78 is 0. The van der Waals surface area contributed by atoms with E-state index in [1.165, 1.54) is 32.1 Å². The van der Waals surface area contributed by atoms with Crippen LogP contribution in [0, 0.1) is 0 Å². The summed E-state index contributed by atoms with van der Waals surface area (Å²) in [4.78, 5) is 140. The molecule has 0 aliphatic rings. The molecule has 129 heavy (non-hydrogen) atoms. The zero-order valence-electron chi connectivity index (χ0n) is 73.9. The molecule has 0 radical (unpaired) electrons. The molecule has 10 atom stereocenters. The molecule has 69 N–H and O–H groups in total. The van der Waals surface area contributed by atoms with Crippen LogP contribution in [0.5, 0.6) is 0 Å². The molecule has 0 spiro atoms. The maximum atomic E-state index is 11.1. The van der Waals surface area contributed by atoms with Crippen molar-refractivity contribution in [2.45, 2.75) is 241 Å². The molecule has 0 rings (SSSR count). The Labute approximate surface area is 750 Å². The molecule has 60 nitrogen and oxygen atoms in total. The largest absolute Gasteiger partial charge is 0.480 e. The number of hydrogen-bond donors (Lipinski definition) is 40. The van der Waals surface area contributed by atoms with Gasteiger partial charge in [0.25, 0.3) is 0 Å². The second-order valence-electron chi connectivity index (χ2n) is 27.0. The van der Waals surface area contributed by atoms with Crippen LogP contribution in [0.1, 0.15) is 180 Å². The molecule has 754 valence electrons. The van der Waals surface area contributed by atoms with Crippen LogP contribution in [0.2, 0.25) is 0 Å². The number of carboxylic acids is 10. The van der Waals surface area contributed by atoms with Gasteiger partial charge < -0.3 is 223 Å². The average molecular weight is 1870 g/mol. The molecule has 0 saturated carbocycles. The Morgan fingerprint density at radius 1 is 0.194 bits per heavy atom. The van der Waals surface area contributed by atoms with Crippen LogP contribution in [-0.2, 0) is 47.9 Å². The Hall–Kier alpha value is -13.0. The minimum Gasteiger partial charge on any atom is -0.480 e. The molecule has 0 bridgehead atoms. The van der Waals surface area contributed by atoms with E-state index < -0.39 is 120 Å². The highest BCUT2D eigenvalue weighted by Crippen LogP contribution is 2.08. The lowest BCUT2D eigenvalue weighted by molar-refractivity contribution is -0.140. The lowest BCUT2D eigenvalue weighted by atomic mass is 10.1. The number of carbonyl (C=O) groups is 10. The van der Waals surface area contributed by atoms with Crippen LogP contribution in [0.15, 0.2) is 49.9 Å². The van der Waals surface area contributed by atoms with Crippen molar-refractivity contribution < 1.29 is 99.0 Å². The van der Waals surface area contributed by atoms with Gasteiger partial charge >= 0.3 is 59.7 Å². The van der Waals surface area contributed by atoms with E-state index in [0.717, 1.165) is 19.4 Å². The van der Waals surface area contributed by atoms with Gasteiger partial charge in [0.1, 0.15) is 60.4 Å². The lowest BCUT2D eigenvalue weighted by Crippen LogP contribution is -2.37. The van der Waals surface area contributed by atoms with Crippen LogP contribution in [0.25, 0.3) is 0 Å². The summed E-state index contributed by atoms with van der Waals surface area (Å²) in [6.45, 7) is 7.23. The number of unbranched alkanes of at least 4 members (excludes halogenated alkanes) is 6. The van der Waals surface area contributed by atoms with Crippen molar-refractivity contribution in [3.63, 3.8) is 0 Å². The number of hydrogen-bond acceptors (Lipinski definition) is 30. The molecule has 0 unspecified atom stereocenters. The second-order valence-corrected chi connectivity index (χ2v) is 27.0. The average Bonchev–Trinajstić information content (AvgIpc) is 0.961. The Balaban J connectivity index is -0.000000153. The normalized spacial score (nSPS) is 12.1. The zero-order valence-corrected chi connectivity index (χ0v) is 73.9. The van der Waals surface area contributed by atoms with Crippen molar-refractivity contribution in [3.05, 3.63) is 0 Å². The number of nitrogens with one attached hydrogen (secondary N) is 1. The molecular weight excluding hydrogens is 1710 g/mol. The Morgan fingerprint density at radius 3 is 0.434 bits per heavy atom. The second kappa shape index (κ2) is 94.1. The van der Waals surface area contributed by atoms with Crippen LogP contribution in [0.4, 0.5) is 0 Å². The number of aliphatic carboxylic acids is 10. The fourth-order valence-electron chi connectivity index (χ4n) is 7.96. The predicted octanol–water partition coefficient (Wildman–Crippen LogP) is -12.1. The predicted molar refractivity (Wildman–Crippen MR) is 497 cm³/mol. The van der Waals surface area contributed by atoms with Crippen LogP contribution in [-0.4, -0.2) is 303 Å². The molecule has 0 aromatic carbocycles. The van der Waals surface area contributed by atoms with Crippen molar-refractivity contribution in [1.82, 2.24) is 5.32 Å². The molecule has 0 amide bonds. The summed E-state index contributed by atoms with van der Waals surface area (Å²) in [7, 11) is 0. The molecule has 0 aromatic rings. The highest BCUT2D eigenvalue weighted by atomic mass is 16.4. The summed E-state index contributed by atoms with van der Waals surface area (Å²) in [6.07, 6.45) is 18.4. The third kappa shape index (κ3) is 128. The summed E-state index contributed by atoms with van der Waals surface area (Å²) in [5.74, 6) is -9.64. The van der Waals surface area contributed by atoms with Crippen molar-refractivity contribution in [2.24, 2.45) is 216 Å². The Bertz CT molecular complexity index is 2690. The van der Waals surface area contributed by atoms with Gasteiger partial charge in [0.15, 0.2) is 59.6 Å². The maximum absolute atomic E-state index is 11.1. The van der Waals surface area contributed by atoms with E-state index >= 15 is 0 Å². The first-order valence-electron chi connectivity index (χ1n) is 40.3. The van der Waals surface area contributed by atoms with Gasteiger partial charge in [-0.1, -0.05) is 45.4 Å². The fraction of sp³-hybridized carbons (Fsp3) is 0.710. The van der Waals surface area contributed by atoms with Gasteiger partial charge in [-0.3, -0.25) is 97.9 Å². The van der Waals surface area contributed by atoms with Gasteiger partial charge in [-0.05, 0) is 141 Å². The monoisotopic (exact) mass is 1870 g/mol. The van der Waals surface area contributed by atoms with E-state index in [0.29, 0.717) is 194 Å². The standard InChI is InChI=1S/C15H32N4O2.9C6H14N4O2/c1-2-3-4-5-6-7-8-11-18-13(14(20)21)10-9-12-19-15(16)17;9*7-4(5(11)12)2-1-3-10-6(8)9/h13,18H,2-12H2,1H3,(H,20,21)(H4,16,17,19);9*4H,1-3,7H2,(H,11,12)(H4,8,9,10)/t13-;9*4-/m0000000000/s1. The van der Waals surface area contributed by atoms with Crippen LogP contribution in [0.3, 0.4) is 0 Å². The Morgan fingerprint density at radius 2 is 0.318 bits per heavy atom. The van der Waals surface area contributed by atoms with Gasteiger partial charge in [0, 0.05) is 65.4 Å². The quantitative estimate of drug-likeness (QED) is 0.0153. The highest BCUT2D eigenvalue weighted by molar-refractivity contribution is 5.81. The summed E-state index contributed by atoms with van der Waals surface area (Å²) in [6, 6.07) is -7.88. The number of nitrogens with two attached hydrogens (primary N) is 29. The van der Waals surface area contributed by atoms with Gasteiger partial charge in [-0.15, -0.1) is 0 Å². The van der Waals surface area contributed by atoms with E-state index in [4.69, 9.17) is 217 Å².